The first-order chi connectivity index (χ1) is 12.0. The second-order valence-electron chi connectivity index (χ2n) is 5.20. The van der Waals surface area contributed by atoms with Crippen molar-refractivity contribution in [3.63, 3.8) is 0 Å². The number of benzene rings is 2. The second kappa shape index (κ2) is 6.71. The second-order valence-corrected chi connectivity index (χ2v) is 5.20. The standard InChI is InChI=1S/C16H12F3N5O/c1-9(15-21-22-23-24(15)10-5-3-2-4-6-10)20-16(25)13-11(17)7-8-12(18)14(13)19/h2-9H,1H3,(H,20,25). The van der Waals surface area contributed by atoms with E-state index < -0.39 is 35.0 Å². The number of carbonyl (C=O) groups excluding carboxylic acids is 1. The number of amides is 1. The lowest BCUT2D eigenvalue weighted by Gasteiger charge is -2.14. The molecule has 1 heterocycles. The first-order valence-electron chi connectivity index (χ1n) is 7.27. The molecule has 128 valence electrons. The van der Waals surface area contributed by atoms with E-state index in [0.29, 0.717) is 17.8 Å². The van der Waals surface area contributed by atoms with Crippen molar-refractivity contribution in [3.05, 3.63) is 71.3 Å². The number of nitrogens with one attached hydrogen (secondary N) is 1. The molecule has 0 aliphatic heterocycles. The van der Waals surface area contributed by atoms with E-state index in [1.165, 1.54) is 11.6 Å². The molecule has 2 aromatic carbocycles. The van der Waals surface area contributed by atoms with Gasteiger partial charge in [0.1, 0.15) is 11.4 Å². The van der Waals surface area contributed by atoms with Crippen LogP contribution in [0.3, 0.4) is 0 Å². The molecule has 9 heteroatoms. The van der Waals surface area contributed by atoms with E-state index in [9.17, 15) is 18.0 Å². The maximum absolute atomic E-state index is 13.7. The highest BCUT2D eigenvalue weighted by Crippen LogP contribution is 2.18. The van der Waals surface area contributed by atoms with Crippen LogP contribution in [-0.4, -0.2) is 26.1 Å². The molecule has 0 radical (unpaired) electrons. The van der Waals surface area contributed by atoms with Gasteiger partial charge in [0.15, 0.2) is 17.5 Å². The molecular formula is C16H12F3N5O. The molecular weight excluding hydrogens is 335 g/mol. The minimum atomic E-state index is -1.55. The third-order valence-electron chi connectivity index (χ3n) is 3.50. The van der Waals surface area contributed by atoms with E-state index in [1.54, 1.807) is 24.3 Å². The van der Waals surface area contributed by atoms with Crippen LogP contribution < -0.4 is 5.32 Å². The number of halogens is 3. The van der Waals surface area contributed by atoms with Crippen molar-refractivity contribution in [2.75, 3.05) is 0 Å². The fraction of sp³-hybridized carbons (Fsp3) is 0.125. The van der Waals surface area contributed by atoms with E-state index in [4.69, 9.17) is 0 Å². The van der Waals surface area contributed by atoms with Gasteiger partial charge in [-0.3, -0.25) is 4.79 Å². The van der Waals surface area contributed by atoms with Gasteiger partial charge >= 0.3 is 0 Å². The maximum atomic E-state index is 13.7. The molecule has 0 aliphatic carbocycles. The molecule has 3 aromatic rings. The Hall–Kier alpha value is -3.23. The summed E-state index contributed by atoms with van der Waals surface area (Å²) in [6.45, 7) is 1.54. The molecule has 0 spiro atoms. The SMILES string of the molecule is CC(NC(=O)c1c(F)ccc(F)c1F)c1nnnn1-c1ccccc1. The van der Waals surface area contributed by atoms with Crippen molar-refractivity contribution in [1.29, 1.82) is 0 Å². The first kappa shape index (κ1) is 16.6. The van der Waals surface area contributed by atoms with E-state index in [-0.39, 0.29) is 5.82 Å². The summed E-state index contributed by atoms with van der Waals surface area (Å²) in [7, 11) is 0. The molecule has 6 nitrogen and oxygen atoms in total. The fourth-order valence-corrected chi connectivity index (χ4v) is 2.29. The van der Waals surface area contributed by atoms with E-state index in [1.807, 2.05) is 6.07 Å². The average Bonchev–Trinajstić information content (AvgIpc) is 3.09. The predicted octanol–water partition coefficient (Wildman–Crippen LogP) is 2.57. The normalized spacial score (nSPS) is 12.0. The molecule has 0 aliphatic rings. The minimum absolute atomic E-state index is 0.247. The molecule has 0 saturated carbocycles. The number of para-hydroxylation sites is 1. The summed E-state index contributed by atoms with van der Waals surface area (Å²) in [5.74, 6) is -4.88. The van der Waals surface area contributed by atoms with Crippen LogP contribution in [0.15, 0.2) is 42.5 Å². The molecule has 25 heavy (non-hydrogen) atoms. The molecule has 0 fully saturated rings. The number of aromatic nitrogens is 4. The molecule has 0 bridgehead atoms. The third kappa shape index (κ3) is 3.21. The summed E-state index contributed by atoms with van der Waals surface area (Å²) in [6, 6.07) is 9.38. The fourth-order valence-electron chi connectivity index (χ4n) is 2.29. The van der Waals surface area contributed by atoms with Crippen LogP contribution in [0.4, 0.5) is 13.2 Å². The monoisotopic (exact) mass is 347 g/mol. The van der Waals surface area contributed by atoms with Crippen molar-refractivity contribution < 1.29 is 18.0 Å². The summed E-state index contributed by atoms with van der Waals surface area (Å²) in [4.78, 5) is 12.2. The van der Waals surface area contributed by atoms with Gasteiger partial charge in [0.25, 0.3) is 5.91 Å². The summed E-state index contributed by atoms with van der Waals surface area (Å²) in [6.07, 6.45) is 0. The highest BCUT2D eigenvalue weighted by Gasteiger charge is 2.24. The summed E-state index contributed by atoms with van der Waals surface area (Å²) in [5, 5.41) is 13.6. The van der Waals surface area contributed by atoms with E-state index >= 15 is 0 Å². The number of rotatable bonds is 4. The Morgan fingerprint density at radius 1 is 1.08 bits per heavy atom. The van der Waals surface area contributed by atoms with Crippen LogP contribution >= 0.6 is 0 Å². The van der Waals surface area contributed by atoms with Gasteiger partial charge in [-0.2, -0.15) is 4.68 Å². The zero-order valence-corrected chi connectivity index (χ0v) is 12.9. The lowest BCUT2D eigenvalue weighted by molar-refractivity contribution is 0.0928. The topological polar surface area (TPSA) is 72.7 Å². The van der Waals surface area contributed by atoms with Gasteiger partial charge in [0.2, 0.25) is 0 Å². The van der Waals surface area contributed by atoms with Crippen LogP contribution in [0.1, 0.15) is 29.1 Å². The van der Waals surface area contributed by atoms with E-state index in [2.05, 4.69) is 20.8 Å². The zero-order chi connectivity index (χ0) is 18.0. The van der Waals surface area contributed by atoms with Gasteiger partial charge in [-0.25, -0.2) is 13.2 Å². The van der Waals surface area contributed by atoms with Gasteiger partial charge in [-0.05, 0) is 41.6 Å². The van der Waals surface area contributed by atoms with Gasteiger partial charge in [-0.1, -0.05) is 18.2 Å². The van der Waals surface area contributed by atoms with Gasteiger partial charge in [0.05, 0.1) is 11.7 Å². The number of carbonyl (C=O) groups is 1. The van der Waals surface area contributed by atoms with Gasteiger partial charge < -0.3 is 5.32 Å². The average molecular weight is 347 g/mol. The zero-order valence-electron chi connectivity index (χ0n) is 12.9. The smallest absolute Gasteiger partial charge is 0.257 e. The molecule has 1 aromatic heterocycles. The van der Waals surface area contributed by atoms with Crippen LogP contribution in [0.5, 0.6) is 0 Å². The van der Waals surface area contributed by atoms with Crippen molar-refractivity contribution >= 4 is 5.91 Å². The van der Waals surface area contributed by atoms with Crippen molar-refractivity contribution in [3.8, 4) is 5.69 Å². The van der Waals surface area contributed by atoms with Crippen LogP contribution in [0, 0.1) is 17.5 Å². The predicted molar refractivity (Wildman–Crippen MR) is 81.4 cm³/mol. The Bertz CT molecular complexity index is 913. The number of nitrogens with zero attached hydrogens (tertiary/aromatic N) is 4. The highest BCUT2D eigenvalue weighted by atomic mass is 19.2. The quantitative estimate of drug-likeness (QED) is 0.736. The molecule has 3 rings (SSSR count). The first-order valence-corrected chi connectivity index (χ1v) is 7.27. The van der Waals surface area contributed by atoms with Crippen LogP contribution in [0.2, 0.25) is 0 Å². The number of hydrogen-bond acceptors (Lipinski definition) is 4. The van der Waals surface area contributed by atoms with Crippen LogP contribution in [0.25, 0.3) is 5.69 Å². The van der Waals surface area contributed by atoms with Gasteiger partial charge in [-0.15, -0.1) is 5.10 Å². The van der Waals surface area contributed by atoms with Crippen molar-refractivity contribution in [2.45, 2.75) is 13.0 Å². The minimum Gasteiger partial charge on any atom is -0.342 e. The van der Waals surface area contributed by atoms with Crippen molar-refractivity contribution in [2.24, 2.45) is 0 Å². The summed E-state index contributed by atoms with van der Waals surface area (Å²) >= 11 is 0. The lowest BCUT2D eigenvalue weighted by Crippen LogP contribution is -2.30. The Morgan fingerprint density at radius 2 is 1.76 bits per heavy atom. The third-order valence-corrected chi connectivity index (χ3v) is 3.50. The Morgan fingerprint density at radius 3 is 2.48 bits per heavy atom. The van der Waals surface area contributed by atoms with E-state index in [0.717, 1.165) is 0 Å². The Labute approximate surface area is 140 Å². The van der Waals surface area contributed by atoms with Crippen molar-refractivity contribution in [1.82, 2.24) is 25.5 Å². The lowest BCUT2D eigenvalue weighted by atomic mass is 10.1. The molecule has 1 atom stereocenters. The summed E-state index contributed by atoms with van der Waals surface area (Å²) < 4.78 is 42.1. The maximum Gasteiger partial charge on any atom is 0.257 e. The van der Waals surface area contributed by atoms with Crippen LogP contribution in [-0.2, 0) is 0 Å². The molecule has 1 amide bonds. The summed E-state index contributed by atoms with van der Waals surface area (Å²) in [5.41, 5.74) is -0.350. The highest BCUT2D eigenvalue weighted by molar-refractivity contribution is 5.95. The molecule has 1 N–H and O–H groups in total. The number of hydrogen-bond donors (Lipinski definition) is 1. The Balaban J connectivity index is 1.87. The van der Waals surface area contributed by atoms with Gasteiger partial charge in [0, 0.05) is 0 Å². The molecule has 0 saturated heterocycles. The molecule has 1 unspecified atom stereocenters. The largest absolute Gasteiger partial charge is 0.342 e. The number of tetrazole rings is 1. The Kier molecular flexibility index (Phi) is 4.46.